The minimum absolute atomic E-state index is 0.110. The summed E-state index contributed by atoms with van der Waals surface area (Å²) < 4.78 is 23.7. The summed E-state index contributed by atoms with van der Waals surface area (Å²) in [6.07, 6.45) is 3.34. The number of sulfonamides is 1. The van der Waals surface area contributed by atoms with Crippen molar-refractivity contribution in [3.63, 3.8) is 0 Å². The number of carbonyl (C=O) groups excluding carboxylic acids is 1. The molecule has 0 saturated carbocycles. The van der Waals surface area contributed by atoms with Crippen molar-refractivity contribution in [3.8, 4) is 0 Å². The zero-order valence-electron chi connectivity index (χ0n) is 9.45. The Hall–Kier alpha value is -0.920. The summed E-state index contributed by atoms with van der Waals surface area (Å²) in [7, 11) is -3.13. The van der Waals surface area contributed by atoms with Crippen LogP contribution < -0.4 is 15.4 Å². The molecule has 6 nitrogen and oxygen atoms in total. The van der Waals surface area contributed by atoms with E-state index in [-0.39, 0.29) is 12.5 Å². The van der Waals surface area contributed by atoms with Crippen LogP contribution in [0, 0.1) is 0 Å². The van der Waals surface area contributed by atoms with Gasteiger partial charge in [-0.15, -0.1) is 6.58 Å². The predicted molar refractivity (Wildman–Crippen MR) is 63.5 cm³/mol. The average molecular weight is 249 g/mol. The lowest BCUT2D eigenvalue weighted by Gasteiger charge is -2.05. The number of hydrogen-bond acceptors (Lipinski definition) is 4. The molecule has 0 unspecified atom stereocenters. The summed E-state index contributed by atoms with van der Waals surface area (Å²) in [6.45, 7) is 5.12. The molecule has 0 bridgehead atoms. The molecule has 0 radical (unpaired) electrons. The molecule has 94 valence electrons. The van der Waals surface area contributed by atoms with Crippen molar-refractivity contribution in [2.24, 2.45) is 0 Å². The van der Waals surface area contributed by atoms with Crippen molar-refractivity contribution >= 4 is 15.9 Å². The van der Waals surface area contributed by atoms with Gasteiger partial charge < -0.3 is 10.6 Å². The number of rotatable bonds is 9. The summed E-state index contributed by atoms with van der Waals surface area (Å²) in [5.74, 6) is -0.110. The van der Waals surface area contributed by atoms with E-state index < -0.39 is 10.0 Å². The van der Waals surface area contributed by atoms with E-state index in [9.17, 15) is 13.2 Å². The third-order valence-electron chi connectivity index (χ3n) is 1.61. The summed E-state index contributed by atoms with van der Waals surface area (Å²) >= 11 is 0. The summed E-state index contributed by atoms with van der Waals surface area (Å²) in [4.78, 5) is 11.1. The fourth-order valence-corrected chi connectivity index (χ4v) is 1.44. The quantitative estimate of drug-likeness (QED) is 0.354. The van der Waals surface area contributed by atoms with Gasteiger partial charge in [-0.3, -0.25) is 4.79 Å². The van der Waals surface area contributed by atoms with Crippen molar-refractivity contribution in [2.75, 3.05) is 32.4 Å². The number of carbonyl (C=O) groups is 1. The van der Waals surface area contributed by atoms with Crippen LogP contribution in [0.15, 0.2) is 12.7 Å². The van der Waals surface area contributed by atoms with E-state index in [0.717, 1.165) is 6.26 Å². The van der Waals surface area contributed by atoms with Crippen LogP contribution in [0.3, 0.4) is 0 Å². The minimum atomic E-state index is -3.13. The maximum Gasteiger partial charge on any atom is 0.233 e. The number of hydrogen-bond donors (Lipinski definition) is 3. The van der Waals surface area contributed by atoms with E-state index in [4.69, 9.17) is 0 Å². The van der Waals surface area contributed by atoms with Crippen LogP contribution >= 0.6 is 0 Å². The molecule has 1 amide bonds. The summed E-state index contributed by atoms with van der Waals surface area (Å²) in [5, 5.41) is 5.52. The van der Waals surface area contributed by atoms with E-state index in [1.807, 2.05) is 0 Å². The molecule has 16 heavy (non-hydrogen) atoms. The highest BCUT2D eigenvalue weighted by molar-refractivity contribution is 7.88. The highest BCUT2D eigenvalue weighted by Crippen LogP contribution is 1.78. The van der Waals surface area contributed by atoms with Gasteiger partial charge in [0.1, 0.15) is 0 Å². The van der Waals surface area contributed by atoms with Crippen LogP contribution in [-0.4, -0.2) is 46.8 Å². The molecule has 3 N–H and O–H groups in total. The fourth-order valence-electron chi connectivity index (χ4n) is 0.924. The third kappa shape index (κ3) is 11.2. The molecule has 0 heterocycles. The second-order valence-corrected chi connectivity index (χ2v) is 5.12. The van der Waals surface area contributed by atoms with E-state index in [1.165, 1.54) is 0 Å². The summed E-state index contributed by atoms with van der Waals surface area (Å²) in [6, 6.07) is 0. The van der Waals surface area contributed by atoms with Gasteiger partial charge in [0.15, 0.2) is 0 Å². The van der Waals surface area contributed by atoms with Crippen molar-refractivity contribution in [3.05, 3.63) is 12.7 Å². The highest BCUT2D eigenvalue weighted by Gasteiger charge is 2.00. The van der Waals surface area contributed by atoms with Gasteiger partial charge in [0.25, 0.3) is 0 Å². The van der Waals surface area contributed by atoms with Crippen molar-refractivity contribution in [1.29, 1.82) is 0 Å². The molecule has 0 aliphatic carbocycles. The van der Waals surface area contributed by atoms with Gasteiger partial charge in [-0.05, 0) is 6.42 Å². The average Bonchev–Trinajstić information content (AvgIpc) is 2.16. The molecule has 0 fully saturated rings. The molecule has 0 atom stereocenters. The van der Waals surface area contributed by atoms with Crippen LogP contribution in [0.4, 0.5) is 0 Å². The lowest BCUT2D eigenvalue weighted by Crippen LogP contribution is -2.35. The Labute approximate surface area is 96.5 Å². The fraction of sp³-hybridized carbons (Fsp3) is 0.667. The van der Waals surface area contributed by atoms with Crippen LogP contribution in [0.25, 0.3) is 0 Å². The Morgan fingerprint density at radius 2 is 2.06 bits per heavy atom. The number of amides is 1. The third-order valence-corrected chi connectivity index (χ3v) is 2.34. The maximum absolute atomic E-state index is 11.1. The number of nitrogens with one attached hydrogen (secondary N) is 3. The zero-order valence-corrected chi connectivity index (χ0v) is 10.3. The standard InChI is InChI=1S/C9H19N3O3S/c1-3-5-10-8-9(13)11-6-4-7-12-16(2,14)15/h3,10,12H,1,4-8H2,2H3,(H,11,13). The van der Waals surface area contributed by atoms with Crippen LogP contribution in [0.1, 0.15) is 6.42 Å². The van der Waals surface area contributed by atoms with E-state index in [0.29, 0.717) is 26.1 Å². The monoisotopic (exact) mass is 249 g/mol. The highest BCUT2D eigenvalue weighted by atomic mass is 32.2. The molecule has 0 aliphatic rings. The molecule has 0 spiro atoms. The van der Waals surface area contributed by atoms with Gasteiger partial charge in [-0.1, -0.05) is 6.08 Å². The SMILES string of the molecule is C=CCNCC(=O)NCCCNS(C)(=O)=O. The van der Waals surface area contributed by atoms with E-state index >= 15 is 0 Å². The van der Waals surface area contributed by atoms with Gasteiger partial charge >= 0.3 is 0 Å². The van der Waals surface area contributed by atoms with Crippen LogP contribution in [0.2, 0.25) is 0 Å². The molecule has 0 aromatic heterocycles. The Morgan fingerprint density at radius 1 is 1.38 bits per heavy atom. The Kier molecular flexibility index (Phi) is 7.78. The Balaban J connectivity index is 3.38. The Morgan fingerprint density at radius 3 is 2.62 bits per heavy atom. The molecular formula is C9H19N3O3S. The van der Waals surface area contributed by atoms with Gasteiger partial charge in [-0.2, -0.15) is 0 Å². The second-order valence-electron chi connectivity index (χ2n) is 3.29. The first-order chi connectivity index (χ1) is 7.45. The topological polar surface area (TPSA) is 87.3 Å². The molecule has 0 saturated heterocycles. The van der Waals surface area contributed by atoms with E-state index in [2.05, 4.69) is 21.9 Å². The van der Waals surface area contributed by atoms with Crippen LogP contribution in [0.5, 0.6) is 0 Å². The van der Waals surface area contributed by atoms with Crippen molar-refractivity contribution in [2.45, 2.75) is 6.42 Å². The molecule has 0 rings (SSSR count). The van der Waals surface area contributed by atoms with Gasteiger partial charge in [-0.25, -0.2) is 13.1 Å². The molecule has 0 aromatic rings. The van der Waals surface area contributed by atoms with E-state index in [1.54, 1.807) is 6.08 Å². The molecular weight excluding hydrogens is 230 g/mol. The van der Waals surface area contributed by atoms with Gasteiger partial charge in [0.05, 0.1) is 12.8 Å². The molecule has 7 heteroatoms. The van der Waals surface area contributed by atoms with Crippen molar-refractivity contribution < 1.29 is 13.2 Å². The zero-order chi connectivity index (χ0) is 12.4. The van der Waals surface area contributed by atoms with Crippen LogP contribution in [-0.2, 0) is 14.8 Å². The first kappa shape index (κ1) is 15.1. The van der Waals surface area contributed by atoms with Crippen molar-refractivity contribution in [1.82, 2.24) is 15.4 Å². The largest absolute Gasteiger partial charge is 0.355 e. The molecule has 0 aromatic carbocycles. The first-order valence-electron chi connectivity index (χ1n) is 4.98. The summed E-state index contributed by atoms with van der Waals surface area (Å²) in [5.41, 5.74) is 0. The Bertz CT molecular complexity index is 314. The normalized spacial score (nSPS) is 11.1. The first-order valence-corrected chi connectivity index (χ1v) is 6.88. The molecule has 0 aliphatic heterocycles. The maximum atomic E-state index is 11.1. The van der Waals surface area contributed by atoms with Gasteiger partial charge in [0, 0.05) is 19.6 Å². The second kappa shape index (κ2) is 8.26. The smallest absolute Gasteiger partial charge is 0.233 e. The lowest BCUT2D eigenvalue weighted by atomic mass is 10.4. The lowest BCUT2D eigenvalue weighted by molar-refractivity contribution is -0.120. The minimum Gasteiger partial charge on any atom is -0.355 e. The predicted octanol–water partition coefficient (Wildman–Crippen LogP) is -1.18. The van der Waals surface area contributed by atoms with Gasteiger partial charge in [0.2, 0.25) is 15.9 Å².